The summed E-state index contributed by atoms with van der Waals surface area (Å²) >= 11 is 0. The Morgan fingerprint density at radius 3 is 2.00 bits per heavy atom. The van der Waals surface area contributed by atoms with E-state index in [9.17, 15) is 4.79 Å². The standard InChI is InChI=1S/C14H26N2O.ClH/c15-12-7-9-13(10-8-12)16-14(17)11-5-3-1-2-4-6-11;/h11-13H,1-10,15H2,(H,16,17);1H. The normalized spacial score (nSPS) is 30.1. The minimum atomic E-state index is 0. The number of hydrogen-bond acceptors (Lipinski definition) is 2. The van der Waals surface area contributed by atoms with Crippen molar-refractivity contribution in [2.45, 2.75) is 76.3 Å². The second-order valence-corrected chi connectivity index (χ2v) is 5.81. The molecule has 0 unspecified atom stereocenters. The fourth-order valence-electron chi connectivity index (χ4n) is 3.12. The van der Waals surface area contributed by atoms with Gasteiger partial charge in [0.05, 0.1) is 0 Å². The molecular formula is C14H27ClN2O. The number of carbonyl (C=O) groups is 1. The molecule has 0 radical (unpaired) electrons. The molecule has 1 amide bonds. The Labute approximate surface area is 117 Å². The van der Waals surface area contributed by atoms with Crippen LogP contribution < -0.4 is 11.1 Å². The van der Waals surface area contributed by atoms with Gasteiger partial charge >= 0.3 is 0 Å². The molecule has 18 heavy (non-hydrogen) atoms. The molecule has 0 aliphatic heterocycles. The molecule has 2 fully saturated rings. The first-order chi connectivity index (χ1) is 8.25. The average Bonchev–Trinajstić information content (AvgIpc) is 2.61. The summed E-state index contributed by atoms with van der Waals surface area (Å²) in [6.45, 7) is 0. The number of nitrogens with one attached hydrogen (secondary N) is 1. The molecule has 0 aromatic carbocycles. The molecule has 4 heteroatoms. The topological polar surface area (TPSA) is 55.1 Å². The number of amides is 1. The van der Waals surface area contributed by atoms with Crippen molar-refractivity contribution >= 4 is 18.3 Å². The van der Waals surface area contributed by atoms with E-state index in [2.05, 4.69) is 5.32 Å². The van der Waals surface area contributed by atoms with Crippen LogP contribution in [0.3, 0.4) is 0 Å². The first kappa shape index (κ1) is 15.8. The molecule has 0 spiro atoms. The van der Waals surface area contributed by atoms with Crippen molar-refractivity contribution in [2.24, 2.45) is 11.7 Å². The van der Waals surface area contributed by atoms with Crippen LogP contribution in [-0.2, 0) is 4.79 Å². The van der Waals surface area contributed by atoms with Crippen LogP contribution in [0.1, 0.15) is 64.2 Å². The van der Waals surface area contributed by atoms with Gasteiger partial charge in [0.2, 0.25) is 5.91 Å². The van der Waals surface area contributed by atoms with Crippen molar-refractivity contribution in [1.82, 2.24) is 5.32 Å². The van der Waals surface area contributed by atoms with Crippen LogP contribution in [0, 0.1) is 5.92 Å². The van der Waals surface area contributed by atoms with E-state index in [1.54, 1.807) is 0 Å². The Bertz CT molecular complexity index is 244. The molecular weight excluding hydrogens is 248 g/mol. The quantitative estimate of drug-likeness (QED) is 0.761. The lowest BCUT2D eigenvalue weighted by molar-refractivity contribution is -0.126. The van der Waals surface area contributed by atoms with Gasteiger partial charge in [-0.3, -0.25) is 4.79 Å². The zero-order chi connectivity index (χ0) is 12.1. The first-order valence-corrected chi connectivity index (χ1v) is 7.31. The number of nitrogens with two attached hydrogens (primary N) is 1. The van der Waals surface area contributed by atoms with E-state index < -0.39 is 0 Å². The van der Waals surface area contributed by atoms with Gasteiger partial charge in [0, 0.05) is 18.0 Å². The van der Waals surface area contributed by atoms with Crippen molar-refractivity contribution in [3.63, 3.8) is 0 Å². The lowest BCUT2D eigenvalue weighted by Crippen LogP contribution is -2.42. The predicted molar refractivity (Wildman–Crippen MR) is 76.8 cm³/mol. The Balaban J connectivity index is 0.00000162. The highest BCUT2D eigenvalue weighted by atomic mass is 35.5. The molecule has 3 nitrogen and oxygen atoms in total. The fraction of sp³-hybridized carbons (Fsp3) is 0.929. The predicted octanol–water partition coefficient (Wildman–Crippen LogP) is 2.76. The van der Waals surface area contributed by atoms with Crippen LogP contribution >= 0.6 is 12.4 Å². The molecule has 3 N–H and O–H groups in total. The number of hydrogen-bond donors (Lipinski definition) is 2. The highest BCUT2D eigenvalue weighted by molar-refractivity contribution is 5.85. The van der Waals surface area contributed by atoms with Gasteiger partial charge in [-0.25, -0.2) is 0 Å². The summed E-state index contributed by atoms with van der Waals surface area (Å²) in [5.41, 5.74) is 5.88. The van der Waals surface area contributed by atoms with Crippen LogP contribution in [0.2, 0.25) is 0 Å². The van der Waals surface area contributed by atoms with Crippen molar-refractivity contribution in [3.8, 4) is 0 Å². The van der Waals surface area contributed by atoms with E-state index >= 15 is 0 Å². The third-order valence-corrected chi connectivity index (χ3v) is 4.34. The van der Waals surface area contributed by atoms with Gasteiger partial charge in [-0.1, -0.05) is 25.7 Å². The van der Waals surface area contributed by atoms with E-state index in [4.69, 9.17) is 5.73 Å². The van der Waals surface area contributed by atoms with Crippen LogP contribution in [0.25, 0.3) is 0 Å². The zero-order valence-corrected chi connectivity index (χ0v) is 12.0. The summed E-state index contributed by atoms with van der Waals surface area (Å²) < 4.78 is 0. The SMILES string of the molecule is Cl.NC1CCC(NC(=O)C2CCCCCC2)CC1. The summed E-state index contributed by atoms with van der Waals surface area (Å²) in [6.07, 6.45) is 11.5. The minimum absolute atomic E-state index is 0. The van der Waals surface area contributed by atoms with Gasteiger partial charge in [-0.15, -0.1) is 12.4 Å². The summed E-state index contributed by atoms with van der Waals surface area (Å²) in [5, 5.41) is 3.24. The van der Waals surface area contributed by atoms with Crippen molar-refractivity contribution in [3.05, 3.63) is 0 Å². The minimum Gasteiger partial charge on any atom is -0.353 e. The molecule has 2 aliphatic carbocycles. The Kier molecular flexibility index (Phi) is 7.02. The van der Waals surface area contributed by atoms with Crippen LogP contribution in [0.4, 0.5) is 0 Å². The molecule has 2 aliphatic rings. The summed E-state index contributed by atoms with van der Waals surface area (Å²) in [5.74, 6) is 0.598. The van der Waals surface area contributed by atoms with Gasteiger partial charge in [0.1, 0.15) is 0 Å². The highest BCUT2D eigenvalue weighted by Gasteiger charge is 2.24. The second kappa shape index (κ2) is 8.00. The molecule has 0 aromatic heterocycles. The van der Waals surface area contributed by atoms with Crippen LogP contribution in [0.15, 0.2) is 0 Å². The number of carbonyl (C=O) groups excluding carboxylic acids is 1. The largest absolute Gasteiger partial charge is 0.353 e. The number of halogens is 1. The van der Waals surface area contributed by atoms with E-state index in [1.807, 2.05) is 0 Å². The molecule has 0 aromatic rings. The Morgan fingerprint density at radius 1 is 0.889 bits per heavy atom. The maximum atomic E-state index is 12.2. The van der Waals surface area contributed by atoms with Gasteiger partial charge in [0.15, 0.2) is 0 Å². The molecule has 0 heterocycles. The fourth-order valence-corrected chi connectivity index (χ4v) is 3.12. The van der Waals surface area contributed by atoms with E-state index in [-0.39, 0.29) is 18.3 Å². The average molecular weight is 275 g/mol. The van der Waals surface area contributed by atoms with Crippen LogP contribution in [-0.4, -0.2) is 18.0 Å². The van der Waals surface area contributed by atoms with Gasteiger partial charge in [-0.2, -0.15) is 0 Å². The van der Waals surface area contributed by atoms with E-state index in [0.717, 1.165) is 38.5 Å². The second-order valence-electron chi connectivity index (χ2n) is 5.81. The zero-order valence-electron chi connectivity index (χ0n) is 11.2. The van der Waals surface area contributed by atoms with Crippen molar-refractivity contribution in [1.29, 1.82) is 0 Å². The molecule has 0 atom stereocenters. The monoisotopic (exact) mass is 274 g/mol. The summed E-state index contributed by atoms with van der Waals surface area (Å²) in [6, 6.07) is 0.756. The van der Waals surface area contributed by atoms with E-state index in [1.165, 1.54) is 25.7 Å². The third kappa shape index (κ3) is 4.77. The summed E-state index contributed by atoms with van der Waals surface area (Å²) in [4.78, 5) is 12.2. The molecule has 2 saturated carbocycles. The molecule has 0 bridgehead atoms. The number of rotatable bonds is 2. The highest BCUT2D eigenvalue weighted by Crippen LogP contribution is 2.24. The lowest BCUT2D eigenvalue weighted by Gasteiger charge is -2.28. The van der Waals surface area contributed by atoms with Crippen molar-refractivity contribution < 1.29 is 4.79 Å². The third-order valence-electron chi connectivity index (χ3n) is 4.34. The van der Waals surface area contributed by atoms with Crippen LogP contribution in [0.5, 0.6) is 0 Å². The molecule has 0 saturated heterocycles. The van der Waals surface area contributed by atoms with Gasteiger partial charge in [-0.05, 0) is 38.5 Å². The van der Waals surface area contributed by atoms with E-state index in [0.29, 0.717) is 18.0 Å². The molecule has 2 rings (SSSR count). The molecule has 106 valence electrons. The first-order valence-electron chi connectivity index (χ1n) is 7.31. The Morgan fingerprint density at radius 2 is 1.44 bits per heavy atom. The maximum absolute atomic E-state index is 12.2. The van der Waals surface area contributed by atoms with Gasteiger partial charge < -0.3 is 11.1 Å². The van der Waals surface area contributed by atoms with Crippen molar-refractivity contribution in [2.75, 3.05) is 0 Å². The maximum Gasteiger partial charge on any atom is 0.223 e. The Hall–Kier alpha value is -0.280. The summed E-state index contributed by atoms with van der Waals surface area (Å²) in [7, 11) is 0. The lowest BCUT2D eigenvalue weighted by atomic mass is 9.91. The smallest absolute Gasteiger partial charge is 0.223 e. The van der Waals surface area contributed by atoms with Gasteiger partial charge in [0.25, 0.3) is 0 Å².